The SMILES string of the molecule is N#CC(C#N)=C1/C(=C/c2cc(Br)c3nsnc3c2)C(=O)c2cc(F)c(F)cc21. The van der Waals surface area contributed by atoms with Gasteiger partial charge in [-0.3, -0.25) is 4.79 Å². The Morgan fingerprint density at radius 1 is 1.07 bits per heavy atom. The summed E-state index contributed by atoms with van der Waals surface area (Å²) in [5, 5.41) is 18.6. The molecule has 0 spiro atoms. The fraction of sp³-hybridized carbons (Fsp3) is 0. The molecule has 2 aromatic carbocycles. The van der Waals surface area contributed by atoms with Crippen molar-refractivity contribution in [1.82, 2.24) is 8.75 Å². The standard InChI is InChI=1S/C19H5BrF2N4OS/c20-13-2-8(3-16-18(13)26-28-25-16)1-12-17(9(6-23)7-24)10-4-14(21)15(22)5-11(10)19(12)27/h1-5H/b12-1-. The minimum absolute atomic E-state index is 0.00698. The maximum atomic E-state index is 13.8. The van der Waals surface area contributed by atoms with Crippen LogP contribution in [0, 0.1) is 34.3 Å². The lowest BCUT2D eigenvalue weighted by molar-refractivity contribution is 0.104. The largest absolute Gasteiger partial charge is 0.289 e. The van der Waals surface area contributed by atoms with Gasteiger partial charge in [-0.2, -0.15) is 19.3 Å². The Bertz CT molecular complexity index is 1330. The summed E-state index contributed by atoms with van der Waals surface area (Å²) >= 11 is 4.41. The molecule has 0 atom stereocenters. The van der Waals surface area contributed by atoms with E-state index >= 15 is 0 Å². The van der Waals surface area contributed by atoms with Crippen LogP contribution in [-0.4, -0.2) is 14.5 Å². The predicted octanol–water partition coefficient (Wildman–Crippen LogP) is 4.81. The van der Waals surface area contributed by atoms with Crippen molar-refractivity contribution in [2.24, 2.45) is 0 Å². The molecule has 0 saturated heterocycles. The first kappa shape index (κ1) is 18.1. The molecule has 134 valence electrons. The molecule has 0 aliphatic heterocycles. The van der Waals surface area contributed by atoms with Gasteiger partial charge in [0.05, 0.1) is 11.7 Å². The minimum atomic E-state index is -1.18. The number of nitriles is 2. The van der Waals surface area contributed by atoms with Gasteiger partial charge in [0, 0.05) is 21.2 Å². The second-order valence-corrected chi connectivity index (χ2v) is 7.19. The van der Waals surface area contributed by atoms with E-state index in [4.69, 9.17) is 0 Å². The molecule has 3 aromatic rings. The van der Waals surface area contributed by atoms with E-state index in [1.54, 1.807) is 24.3 Å². The number of ketones is 1. The van der Waals surface area contributed by atoms with Gasteiger partial charge >= 0.3 is 0 Å². The zero-order valence-corrected chi connectivity index (χ0v) is 16.0. The summed E-state index contributed by atoms with van der Waals surface area (Å²) in [6, 6.07) is 8.44. The molecule has 0 N–H and O–H groups in total. The lowest BCUT2D eigenvalue weighted by atomic mass is 9.98. The molecular formula is C19H5BrF2N4OS. The van der Waals surface area contributed by atoms with Gasteiger partial charge in [-0.1, -0.05) is 0 Å². The number of fused-ring (bicyclic) bond motifs is 2. The maximum absolute atomic E-state index is 13.8. The van der Waals surface area contributed by atoms with Crippen molar-refractivity contribution in [3.05, 3.63) is 68.2 Å². The third-order valence-corrected chi connectivity index (χ3v) is 5.36. The summed E-state index contributed by atoms with van der Waals surface area (Å²) in [7, 11) is 0. The molecule has 1 aliphatic rings. The highest BCUT2D eigenvalue weighted by atomic mass is 79.9. The van der Waals surface area contributed by atoms with E-state index in [0.717, 1.165) is 23.9 Å². The lowest BCUT2D eigenvalue weighted by Crippen LogP contribution is -1.97. The normalized spacial score (nSPS) is 14.2. The van der Waals surface area contributed by atoms with E-state index in [9.17, 15) is 24.1 Å². The monoisotopic (exact) mass is 454 g/mol. The van der Waals surface area contributed by atoms with Crippen LogP contribution in [-0.2, 0) is 0 Å². The highest BCUT2D eigenvalue weighted by molar-refractivity contribution is 9.10. The summed E-state index contributed by atoms with van der Waals surface area (Å²) < 4.78 is 36.4. The number of carbonyl (C=O) groups excluding carboxylic acids is 1. The number of rotatable bonds is 1. The number of allylic oxidation sites excluding steroid dienone is 3. The molecule has 0 bridgehead atoms. The van der Waals surface area contributed by atoms with E-state index in [1.165, 1.54) is 6.08 Å². The zero-order chi connectivity index (χ0) is 20.0. The van der Waals surface area contributed by atoms with Crippen LogP contribution in [0.1, 0.15) is 21.5 Å². The quantitative estimate of drug-likeness (QED) is 0.388. The Balaban J connectivity index is 2.01. The first-order valence-corrected chi connectivity index (χ1v) is 9.19. The van der Waals surface area contributed by atoms with Crippen molar-refractivity contribution in [3.63, 3.8) is 0 Å². The number of Topliss-reactive ketones (excluding diaryl/α,β-unsaturated/α-hetero) is 1. The van der Waals surface area contributed by atoms with Gasteiger partial charge in [-0.15, -0.1) is 0 Å². The van der Waals surface area contributed by atoms with Crippen LogP contribution in [0.4, 0.5) is 8.78 Å². The van der Waals surface area contributed by atoms with Crippen molar-refractivity contribution < 1.29 is 13.6 Å². The van der Waals surface area contributed by atoms with Crippen LogP contribution in [0.5, 0.6) is 0 Å². The van der Waals surface area contributed by atoms with E-state index in [0.29, 0.717) is 21.1 Å². The molecule has 0 radical (unpaired) electrons. The summed E-state index contributed by atoms with van der Waals surface area (Å²) in [4.78, 5) is 12.9. The molecule has 1 heterocycles. The number of hydrogen-bond donors (Lipinski definition) is 0. The molecule has 0 saturated carbocycles. The van der Waals surface area contributed by atoms with Crippen LogP contribution in [0.2, 0.25) is 0 Å². The van der Waals surface area contributed by atoms with Crippen LogP contribution in [0.3, 0.4) is 0 Å². The van der Waals surface area contributed by atoms with E-state index in [-0.39, 0.29) is 27.8 Å². The molecule has 28 heavy (non-hydrogen) atoms. The van der Waals surface area contributed by atoms with Crippen LogP contribution in [0.15, 0.2) is 39.9 Å². The van der Waals surface area contributed by atoms with Gasteiger partial charge in [-0.25, -0.2) is 8.78 Å². The summed E-state index contributed by atoms with van der Waals surface area (Å²) in [5.74, 6) is -2.95. The molecular weight excluding hydrogens is 450 g/mol. The van der Waals surface area contributed by atoms with Gasteiger partial charge in [-0.05, 0) is 57.4 Å². The van der Waals surface area contributed by atoms with Crippen LogP contribution in [0.25, 0.3) is 22.7 Å². The maximum Gasteiger partial charge on any atom is 0.194 e. The number of nitrogens with zero attached hydrogens (tertiary/aromatic N) is 4. The third-order valence-electron chi connectivity index (χ3n) is 4.21. The van der Waals surface area contributed by atoms with Crippen molar-refractivity contribution in [2.45, 2.75) is 0 Å². The van der Waals surface area contributed by atoms with E-state index < -0.39 is 17.4 Å². The summed E-state index contributed by atoms with van der Waals surface area (Å²) in [6.45, 7) is 0. The predicted molar refractivity (Wildman–Crippen MR) is 102 cm³/mol. The Labute approximate surface area is 169 Å². The second-order valence-electron chi connectivity index (χ2n) is 5.81. The molecule has 0 amide bonds. The third kappa shape index (κ3) is 2.73. The van der Waals surface area contributed by atoms with Crippen molar-refractivity contribution in [1.29, 1.82) is 10.5 Å². The first-order chi connectivity index (χ1) is 13.4. The first-order valence-electron chi connectivity index (χ1n) is 7.67. The van der Waals surface area contributed by atoms with Gasteiger partial charge in [0.15, 0.2) is 17.4 Å². The minimum Gasteiger partial charge on any atom is -0.289 e. The van der Waals surface area contributed by atoms with Crippen molar-refractivity contribution in [3.8, 4) is 12.1 Å². The van der Waals surface area contributed by atoms with Crippen molar-refractivity contribution in [2.75, 3.05) is 0 Å². The van der Waals surface area contributed by atoms with Crippen LogP contribution < -0.4 is 0 Å². The average Bonchev–Trinajstić information content (AvgIpc) is 3.23. The van der Waals surface area contributed by atoms with Gasteiger partial charge in [0.25, 0.3) is 0 Å². The highest BCUT2D eigenvalue weighted by Crippen LogP contribution is 2.41. The lowest BCUT2D eigenvalue weighted by Gasteiger charge is -2.03. The molecule has 1 aliphatic carbocycles. The molecule has 4 rings (SSSR count). The summed E-state index contributed by atoms with van der Waals surface area (Å²) in [5.41, 5.74) is 1.35. The van der Waals surface area contributed by atoms with Gasteiger partial charge < -0.3 is 0 Å². The number of aromatic nitrogens is 2. The Kier molecular flexibility index (Phi) is 4.34. The van der Waals surface area contributed by atoms with Gasteiger partial charge in [0.1, 0.15) is 28.7 Å². The number of benzene rings is 2. The molecule has 9 heteroatoms. The second kappa shape index (κ2) is 6.71. The Morgan fingerprint density at radius 2 is 1.75 bits per heavy atom. The highest BCUT2D eigenvalue weighted by Gasteiger charge is 2.34. The Morgan fingerprint density at radius 3 is 2.43 bits per heavy atom. The molecule has 1 aromatic heterocycles. The number of hydrogen-bond acceptors (Lipinski definition) is 6. The van der Waals surface area contributed by atoms with Crippen LogP contribution >= 0.6 is 27.7 Å². The molecule has 5 nitrogen and oxygen atoms in total. The topological polar surface area (TPSA) is 90.4 Å². The summed E-state index contributed by atoms with van der Waals surface area (Å²) in [6.07, 6.45) is 1.46. The van der Waals surface area contributed by atoms with Gasteiger partial charge in [0.2, 0.25) is 0 Å². The molecule has 0 fully saturated rings. The van der Waals surface area contributed by atoms with Crippen molar-refractivity contribution >= 4 is 56.1 Å². The zero-order valence-electron chi connectivity index (χ0n) is 13.6. The number of carbonyl (C=O) groups is 1. The molecule has 0 unspecified atom stereocenters. The fourth-order valence-corrected chi connectivity index (χ4v) is 4.22. The number of halogens is 3. The fourth-order valence-electron chi connectivity index (χ4n) is 3.01. The average molecular weight is 455 g/mol. The van der Waals surface area contributed by atoms with E-state index in [1.807, 2.05) is 0 Å². The Hall–Kier alpha value is -3.27. The van der Waals surface area contributed by atoms with E-state index in [2.05, 4.69) is 24.7 Å². The smallest absolute Gasteiger partial charge is 0.194 e.